The third-order valence-corrected chi connectivity index (χ3v) is 4.88. The smallest absolute Gasteiger partial charge is 0.338 e. The summed E-state index contributed by atoms with van der Waals surface area (Å²) in [6, 6.07) is 17.9. The first-order chi connectivity index (χ1) is 13.2. The number of hydrogen-bond acceptors (Lipinski definition) is 4. The van der Waals surface area contributed by atoms with Gasteiger partial charge in [0, 0.05) is 5.92 Å². The van der Waals surface area contributed by atoms with Crippen LogP contribution in [0, 0.1) is 11.3 Å². The van der Waals surface area contributed by atoms with Crippen LogP contribution in [0.1, 0.15) is 61.8 Å². The molecule has 2 rings (SSSR count). The molecule has 28 heavy (non-hydrogen) atoms. The van der Waals surface area contributed by atoms with E-state index in [2.05, 4.69) is 20.8 Å². The summed E-state index contributed by atoms with van der Waals surface area (Å²) < 4.78 is 11.6. The Balaban J connectivity index is 2.18. The van der Waals surface area contributed by atoms with Crippen molar-refractivity contribution < 1.29 is 19.1 Å². The van der Waals surface area contributed by atoms with Crippen molar-refractivity contribution in [3.8, 4) is 0 Å². The van der Waals surface area contributed by atoms with Crippen molar-refractivity contribution in [2.24, 2.45) is 11.3 Å². The Hall–Kier alpha value is -2.62. The maximum Gasteiger partial charge on any atom is 0.338 e. The molecule has 2 aromatic carbocycles. The monoisotopic (exact) mass is 382 g/mol. The normalized spacial score (nSPS) is 14.6. The molecule has 3 unspecified atom stereocenters. The van der Waals surface area contributed by atoms with Gasteiger partial charge in [-0.1, -0.05) is 64.1 Å². The molecule has 0 amide bonds. The van der Waals surface area contributed by atoms with E-state index in [1.54, 1.807) is 36.4 Å². The quantitative estimate of drug-likeness (QED) is 0.591. The van der Waals surface area contributed by atoms with Crippen LogP contribution in [0.15, 0.2) is 60.7 Å². The van der Waals surface area contributed by atoms with E-state index in [1.807, 2.05) is 38.1 Å². The van der Waals surface area contributed by atoms with Crippen molar-refractivity contribution in [2.45, 2.75) is 53.2 Å². The summed E-state index contributed by atoms with van der Waals surface area (Å²) in [6.45, 7) is 10.1. The second-order valence-electron chi connectivity index (χ2n) is 8.09. The summed E-state index contributed by atoms with van der Waals surface area (Å²) in [5.41, 5.74) is 0.799. The van der Waals surface area contributed by atoms with Crippen LogP contribution in [-0.4, -0.2) is 24.1 Å². The second kappa shape index (κ2) is 9.54. The highest BCUT2D eigenvalue weighted by atomic mass is 16.6. The van der Waals surface area contributed by atoms with E-state index in [0.29, 0.717) is 17.5 Å². The van der Waals surface area contributed by atoms with Crippen LogP contribution in [0.2, 0.25) is 0 Å². The largest absolute Gasteiger partial charge is 0.459 e. The van der Waals surface area contributed by atoms with Gasteiger partial charge in [0.2, 0.25) is 0 Å². The van der Waals surface area contributed by atoms with Crippen molar-refractivity contribution in [1.82, 2.24) is 0 Å². The van der Waals surface area contributed by atoms with Crippen LogP contribution >= 0.6 is 0 Å². The van der Waals surface area contributed by atoms with E-state index < -0.39 is 6.10 Å². The summed E-state index contributed by atoms with van der Waals surface area (Å²) in [4.78, 5) is 25.1. The van der Waals surface area contributed by atoms with Crippen molar-refractivity contribution >= 4 is 11.9 Å². The first-order valence-electron chi connectivity index (χ1n) is 9.76. The molecular weight excluding hydrogens is 352 g/mol. The van der Waals surface area contributed by atoms with E-state index in [1.165, 1.54) is 0 Å². The first kappa shape index (κ1) is 21.7. The molecule has 0 aliphatic carbocycles. The van der Waals surface area contributed by atoms with Gasteiger partial charge in [0.05, 0.1) is 11.1 Å². The van der Waals surface area contributed by atoms with Crippen LogP contribution in [0.5, 0.6) is 0 Å². The SMILES string of the molecule is CCC(OC(=O)c1ccccc1)C(C(C)OC(=O)c1ccccc1)C(C)(C)C. The molecule has 3 atom stereocenters. The molecule has 0 aliphatic rings. The third kappa shape index (κ3) is 5.69. The fourth-order valence-corrected chi connectivity index (χ4v) is 3.64. The predicted molar refractivity (Wildman–Crippen MR) is 110 cm³/mol. The number of rotatable bonds is 7. The zero-order chi connectivity index (χ0) is 20.7. The van der Waals surface area contributed by atoms with E-state index in [-0.39, 0.29) is 29.4 Å². The highest BCUT2D eigenvalue weighted by Gasteiger charge is 2.40. The zero-order valence-electron chi connectivity index (χ0n) is 17.3. The topological polar surface area (TPSA) is 52.6 Å². The lowest BCUT2D eigenvalue weighted by molar-refractivity contribution is -0.0623. The van der Waals surface area contributed by atoms with Crippen molar-refractivity contribution in [2.75, 3.05) is 0 Å². The summed E-state index contributed by atoms with van der Waals surface area (Å²) in [5.74, 6) is -0.882. The molecule has 0 aromatic heterocycles. The fourth-order valence-electron chi connectivity index (χ4n) is 3.64. The van der Waals surface area contributed by atoms with Crippen LogP contribution in [0.25, 0.3) is 0 Å². The van der Waals surface area contributed by atoms with Crippen molar-refractivity contribution in [3.63, 3.8) is 0 Å². The summed E-state index contributed by atoms with van der Waals surface area (Å²) >= 11 is 0. The van der Waals surface area contributed by atoms with Gasteiger partial charge in [-0.25, -0.2) is 9.59 Å². The number of esters is 2. The lowest BCUT2D eigenvalue weighted by Crippen LogP contribution is -2.43. The standard InChI is InChI=1S/C24H30O4/c1-6-20(28-23(26)19-15-11-8-12-16-19)21(24(3,4)5)17(2)27-22(25)18-13-9-7-10-14-18/h7-17,20-21H,6H2,1-5H3. The predicted octanol–water partition coefficient (Wildman–Crippen LogP) is 5.53. The van der Waals surface area contributed by atoms with Gasteiger partial charge >= 0.3 is 11.9 Å². The Morgan fingerprint density at radius 1 is 0.821 bits per heavy atom. The number of carbonyl (C=O) groups excluding carboxylic acids is 2. The van der Waals surface area contributed by atoms with Gasteiger partial charge in [0.15, 0.2) is 0 Å². The minimum Gasteiger partial charge on any atom is -0.459 e. The average Bonchev–Trinajstić information content (AvgIpc) is 2.67. The van der Waals surface area contributed by atoms with Gasteiger partial charge in [-0.15, -0.1) is 0 Å². The second-order valence-corrected chi connectivity index (χ2v) is 8.09. The van der Waals surface area contributed by atoms with Crippen molar-refractivity contribution in [1.29, 1.82) is 0 Å². The summed E-state index contributed by atoms with van der Waals surface area (Å²) in [6.07, 6.45) is -0.152. The maximum absolute atomic E-state index is 12.6. The van der Waals surface area contributed by atoms with Gasteiger partial charge in [-0.2, -0.15) is 0 Å². The molecule has 0 spiro atoms. The molecule has 0 N–H and O–H groups in total. The Labute approximate surface area is 167 Å². The van der Waals surface area contributed by atoms with E-state index in [9.17, 15) is 9.59 Å². The summed E-state index contributed by atoms with van der Waals surface area (Å²) in [5, 5.41) is 0. The molecule has 0 saturated heterocycles. The average molecular weight is 383 g/mol. The highest BCUT2D eigenvalue weighted by Crippen LogP contribution is 2.36. The zero-order valence-corrected chi connectivity index (χ0v) is 17.3. The van der Waals surface area contributed by atoms with Crippen LogP contribution < -0.4 is 0 Å². The number of carbonyl (C=O) groups is 2. The maximum atomic E-state index is 12.6. The first-order valence-corrected chi connectivity index (χ1v) is 9.76. The van der Waals surface area contributed by atoms with Crippen molar-refractivity contribution in [3.05, 3.63) is 71.8 Å². The minimum absolute atomic E-state index is 0.155. The fraction of sp³-hybridized carbons (Fsp3) is 0.417. The molecule has 4 nitrogen and oxygen atoms in total. The number of hydrogen-bond donors (Lipinski definition) is 0. The molecular formula is C24H30O4. The van der Waals surface area contributed by atoms with Gasteiger partial charge in [0.25, 0.3) is 0 Å². The molecule has 4 heteroatoms. The van der Waals surface area contributed by atoms with Gasteiger partial charge in [-0.05, 0) is 43.0 Å². The highest BCUT2D eigenvalue weighted by molar-refractivity contribution is 5.90. The Bertz CT molecular complexity index is 762. The van der Waals surface area contributed by atoms with E-state index >= 15 is 0 Å². The molecule has 0 saturated carbocycles. The summed E-state index contributed by atoms with van der Waals surface area (Å²) in [7, 11) is 0. The van der Waals surface area contributed by atoms with Crippen LogP contribution in [0.3, 0.4) is 0 Å². The Kier molecular flexibility index (Phi) is 7.38. The molecule has 2 aromatic rings. The molecule has 0 heterocycles. The van der Waals surface area contributed by atoms with Gasteiger partial charge in [0.1, 0.15) is 12.2 Å². The van der Waals surface area contributed by atoms with Crippen LogP contribution in [0.4, 0.5) is 0 Å². The van der Waals surface area contributed by atoms with Gasteiger partial charge < -0.3 is 9.47 Å². The molecule has 0 fully saturated rings. The Morgan fingerprint density at radius 3 is 1.64 bits per heavy atom. The van der Waals surface area contributed by atoms with E-state index in [4.69, 9.17) is 9.47 Å². The third-order valence-electron chi connectivity index (χ3n) is 4.88. The Morgan fingerprint density at radius 2 is 1.25 bits per heavy atom. The minimum atomic E-state index is -0.416. The van der Waals surface area contributed by atoms with E-state index in [0.717, 1.165) is 0 Å². The number of benzene rings is 2. The molecule has 150 valence electrons. The molecule has 0 radical (unpaired) electrons. The lowest BCUT2D eigenvalue weighted by Gasteiger charge is -2.39. The molecule has 0 aliphatic heterocycles. The van der Waals surface area contributed by atoms with Crippen LogP contribution in [-0.2, 0) is 9.47 Å². The van der Waals surface area contributed by atoms with Gasteiger partial charge in [-0.3, -0.25) is 0 Å². The number of ether oxygens (including phenoxy) is 2. The molecule has 0 bridgehead atoms. The lowest BCUT2D eigenvalue weighted by atomic mass is 9.73.